The van der Waals surface area contributed by atoms with Gasteiger partial charge in [-0.15, -0.1) is 24.8 Å². The Morgan fingerprint density at radius 3 is 2.33 bits per heavy atom. The Hall–Kier alpha value is -0.890. The van der Waals surface area contributed by atoms with Gasteiger partial charge in [-0.1, -0.05) is 24.3 Å². The summed E-state index contributed by atoms with van der Waals surface area (Å²) in [6.07, 6.45) is 0.629. The molecule has 0 radical (unpaired) electrons. The minimum Gasteiger partial charge on any atom is -0.392 e. The molecule has 0 bridgehead atoms. The summed E-state index contributed by atoms with van der Waals surface area (Å²) in [5, 5.41) is 15.4. The van der Waals surface area contributed by atoms with Gasteiger partial charge in [0.2, 0.25) is 5.91 Å². The summed E-state index contributed by atoms with van der Waals surface area (Å²) in [6, 6.07) is 8.12. The number of hydrogen-bond acceptors (Lipinski definition) is 5. The maximum Gasteiger partial charge on any atom is 0.237 e. The number of hydrogen-bond donors (Lipinski definition) is 3. The molecule has 154 valence electrons. The van der Waals surface area contributed by atoms with E-state index in [1.807, 2.05) is 0 Å². The zero-order valence-electron chi connectivity index (χ0n) is 15.9. The van der Waals surface area contributed by atoms with Gasteiger partial charge >= 0.3 is 0 Å². The lowest BCUT2D eigenvalue weighted by atomic mass is 10.1. The van der Waals surface area contributed by atoms with Crippen molar-refractivity contribution in [1.82, 2.24) is 15.5 Å². The van der Waals surface area contributed by atoms with Crippen molar-refractivity contribution in [3.8, 4) is 0 Å². The molecule has 0 spiro atoms. The minimum atomic E-state index is -0.416. The molecule has 8 heteroatoms. The predicted molar refractivity (Wildman–Crippen MR) is 110 cm³/mol. The number of rotatable bonds is 5. The van der Waals surface area contributed by atoms with Crippen molar-refractivity contribution in [2.24, 2.45) is 0 Å². The molecule has 0 aliphatic carbocycles. The highest BCUT2D eigenvalue weighted by molar-refractivity contribution is 5.85. The summed E-state index contributed by atoms with van der Waals surface area (Å²) in [4.78, 5) is 14.5. The third-order valence-corrected chi connectivity index (χ3v) is 4.82. The maximum absolute atomic E-state index is 12.1. The van der Waals surface area contributed by atoms with E-state index in [4.69, 9.17) is 4.74 Å². The van der Waals surface area contributed by atoms with Gasteiger partial charge in [0.25, 0.3) is 0 Å². The van der Waals surface area contributed by atoms with Crippen molar-refractivity contribution in [2.45, 2.75) is 57.7 Å². The highest BCUT2D eigenvalue weighted by Gasteiger charge is 2.27. The molecule has 27 heavy (non-hydrogen) atoms. The first-order valence-electron chi connectivity index (χ1n) is 9.14. The summed E-state index contributed by atoms with van der Waals surface area (Å²) in [5.74, 6) is -0.0445. The Bertz CT molecular complexity index is 578. The van der Waals surface area contributed by atoms with Gasteiger partial charge < -0.3 is 20.5 Å². The number of carbonyl (C=O) groups is 1. The molecule has 0 saturated carbocycles. The number of carbonyl (C=O) groups excluding carboxylic acids is 1. The van der Waals surface area contributed by atoms with Gasteiger partial charge in [0.05, 0.1) is 24.4 Å². The molecule has 1 aromatic carbocycles. The van der Waals surface area contributed by atoms with Gasteiger partial charge in [-0.05, 0) is 31.4 Å². The molecule has 3 rings (SSSR count). The second kappa shape index (κ2) is 11.2. The average Bonchev–Trinajstić information content (AvgIpc) is 2.99. The summed E-state index contributed by atoms with van der Waals surface area (Å²) in [7, 11) is 0. The fourth-order valence-electron chi connectivity index (χ4n) is 3.66. The van der Waals surface area contributed by atoms with Crippen LogP contribution in [0.3, 0.4) is 0 Å². The molecule has 2 heterocycles. The van der Waals surface area contributed by atoms with Crippen LogP contribution in [0, 0.1) is 0 Å². The highest BCUT2D eigenvalue weighted by atomic mass is 35.5. The first-order chi connectivity index (χ1) is 12.0. The van der Waals surface area contributed by atoms with E-state index in [9.17, 15) is 9.90 Å². The zero-order chi connectivity index (χ0) is 17.8. The second-order valence-electron chi connectivity index (χ2n) is 7.34. The lowest BCUT2D eigenvalue weighted by Gasteiger charge is -2.35. The number of morpholine rings is 1. The number of nitrogens with one attached hydrogen (secondary N) is 2. The predicted octanol–water partition coefficient (Wildman–Crippen LogP) is 1.48. The van der Waals surface area contributed by atoms with Crippen molar-refractivity contribution in [3.63, 3.8) is 0 Å². The van der Waals surface area contributed by atoms with E-state index in [-0.39, 0.29) is 49.0 Å². The van der Waals surface area contributed by atoms with Crippen LogP contribution in [0.2, 0.25) is 0 Å². The smallest absolute Gasteiger partial charge is 0.237 e. The van der Waals surface area contributed by atoms with Crippen LogP contribution in [0.5, 0.6) is 0 Å². The number of halogens is 2. The van der Waals surface area contributed by atoms with Gasteiger partial charge in [-0.2, -0.15) is 0 Å². The Morgan fingerprint density at radius 2 is 1.78 bits per heavy atom. The number of aliphatic hydroxyl groups is 1. The van der Waals surface area contributed by atoms with Crippen LogP contribution in [-0.4, -0.2) is 59.9 Å². The third-order valence-electron chi connectivity index (χ3n) is 4.82. The largest absolute Gasteiger partial charge is 0.392 e. The van der Waals surface area contributed by atoms with Crippen LogP contribution in [-0.2, 0) is 22.6 Å². The lowest BCUT2D eigenvalue weighted by molar-refractivity contribution is -0.123. The number of ether oxygens (including phenoxy) is 1. The van der Waals surface area contributed by atoms with Crippen LogP contribution >= 0.6 is 24.8 Å². The zero-order valence-corrected chi connectivity index (χ0v) is 17.5. The molecule has 2 fully saturated rings. The van der Waals surface area contributed by atoms with Gasteiger partial charge in [0, 0.05) is 32.7 Å². The monoisotopic (exact) mass is 419 g/mol. The van der Waals surface area contributed by atoms with Gasteiger partial charge in [0.15, 0.2) is 0 Å². The standard InChI is InChI=1S/C19H29N3O3.2ClH/c1-13-10-22(11-14(2)25-13)12-16-5-3-15(4-6-16)8-21-19(24)18-7-17(23)9-20-18;;/h3-6,13-14,17-18,20,23H,7-12H2,1-2H3,(H,21,24);2*1H. The van der Waals surface area contributed by atoms with Crippen molar-refractivity contribution in [2.75, 3.05) is 19.6 Å². The molecule has 1 amide bonds. The number of benzene rings is 1. The van der Waals surface area contributed by atoms with Crippen LogP contribution in [0.1, 0.15) is 31.4 Å². The highest BCUT2D eigenvalue weighted by Crippen LogP contribution is 2.15. The third kappa shape index (κ3) is 7.22. The molecule has 0 aromatic heterocycles. The summed E-state index contributed by atoms with van der Waals surface area (Å²) < 4.78 is 5.77. The molecule has 1 aromatic rings. The SMILES string of the molecule is CC1CN(Cc2ccc(CNC(=O)C3CC(O)CN3)cc2)CC(C)O1.Cl.Cl. The summed E-state index contributed by atoms with van der Waals surface area (Å²) in [5.41, 5.74) is 2.36. The minimum absolute atomic E-state index is 0. The van der Waals surface area contributed by atoms with E-state index in [0.29, 0.717) is 19.5 Å². The van der Waals surface area contributed by atoms with E-state index in [2.05, 4.69) is 53.6 Å². The van der Waals surface area contributed by atoms with E-state index < -0.39 is 6.10 Å². The summed E-state index contributed by atoms with van der Waals surface area (Å²) in [6.45, 7) is 8.09. The average molecular weight is 420 g/mol. The van der Waals surface area contributed by atoms with Gasteiger partial charge in [-0.25, -0.2) is 0 Å². The fourth-order valence-corrected chi connectivity index (χ4v) is 3.66. The molecule has 6 nitrogen and oxygen atoms in total. The van der Waals surface area contributed by atoms with E-state index in [0.717, 1.165) is 25.2 Å². The molecule has 2 aliphatic heterocycles. The van der Waals surface area contributed by atoms with E-state index in [1.54, 1.807) is 0 Å². The van der Waals surface area contributed by atoms with Crippen molar-refractivity contribution >= 4 is 30.7 Å². The lowest BCUT2D eigenvalue weighted by Crippen LogP contribution is -2.44. The van der Waals surface area contributed by atoms with Crippen LogP contribution < -0.4 is 10.6 Å². The molecule has 4 unspecified atom stereocenters. The number of nitrogens with zero attached hydrogens (tertiary/aromatic N) is 1. The first-order valence-corrected chi connectivity index (χ1v) is 9.14. The van der Waals surface area contributed by atoms with E-state index in [1.165, 1.54) is 5.56 Å². The fraction of sp³-hybridized carbons (Fsp3) is 0.632. The molecular weight excluding hydrogens is 389 g/mol. The van der Waals surface area contributed by atoms with Crippen LogP contribution in [0.15, 0.2) is 24.3 Å². The quantitative estimate of drug-likeness (QED) is 0.673. The molecular formula is C19H31Cl2N3O3. The molecule has 2 saturated heterocycles. The first kappa shape index (κ1) is 24.1. The number of amides is 1. The topological polar surface area (TPSA) is 73.8 Å². The summed E-state index contributed by atoms with van der Waals surface area (Å²) >= 11 is 0. The molecule has 3 N–H and O–H groups in total. The van der Waals surface area contributed by atoms with Crippen molar-refractivity contribution in [1.29, 1.82) is 0 Å². The molecule has 2 aliphatic rings. The van der Waals surface area contributed by atoms with Crippen LogP contribution in [0.4, 0.5) is 0 Å². The van der Waals surface area contributed by atoms with Crippen molar-refractivity contribution < 1.29 is 14.6 Å². The number of aliphatic hydroxyl groups excluding tert-OH is 1. The van der Waals surface area contributed by atoms with Crippen molar-refractivity contribution in [3.05, 3.63) is 35.4 Å². The van der Waals surface area contributed by atoms with E-state index >= 15 is 0 Å². The van der Waals surface area contributed by atoms with Gasteiger partial charge in [0.1, 0.15) is 0 Å². The Balaban J connectivity index is 0.00000182. The van der Waals surface area contributed by atoms with Crippen LogP contribution in [0.25, 0.3) is 0 Å². The normalized spacial score (nSPS) is 28.1. The number of β-amino-alcohol motifs (C(OH)–C–C–N with tert-alkyl or cyclic N) is 1. The van der Waals surface area contributed by atoms with Gasteiger partial charge in [-0.3, -0.25) is 9.69 Å². The Kier molecular flexibility index (Phi) is 10.0. The maximum atomic E-state index is 12.1. The Morgan fingerprint density at radius 1 is 1.19 bits per heavy atom. The second-order valence-corrected chi connectivity index (χ2v) is 7.34. The Labute approximate surface area is 173 Å². The molecule has 4 atom stereocenters.